The van der Waals surface area contributed by atoms with Gasteiger partial charge in [-0.05, 0) is 64.5 Å². The Morgan fingerprint density at radius 3 is 1.69 bits per heavy atom. The Labute approximate surface area is 196 Å². The molecular formula is C22H40NO6Si3+. The third-order valence-corrected chi connectivity index (χ3v) is 5.93. The van der Waals surface area contributed by atoms with E-state index in [1.165, 1.54) is 19.1 Å². The monoisotopic (exact) mass is 498 g/mol. The van der Waals surface area contributed by atoms with Crippen LogP contribution in [-0.2, 0) is 27.7 Å². The number of methoxy groups -OCH3 is 2. The number of benzene rings is 1. The molecule has 0 spiro atoms. The Bertz CT molecular complexity index is 803. The predicted octanol–water partition coefficient (Wildman–Crippen LogP) is 5.27. The third kappa shape index (κ3) is 10.0. The van der Waals surface area contributed by atoms with Crippen LogP contribution in [0.2, 0.25) is 58.9 Å². The number of hydrogen-bond acceptors (Lipinski definition) is 6. The highest BCUT2D eigenvalue weighted by atomic mass is 28.4. The van der Waals surface area contributed by atoms with Crippen LogP contribution in [0.3, 0.4) is 0 Å². The number of carbonyl (C=O) groups excluding carboxylic acids is 1. The molecule has 1 atom stereocenters. The Balaban J connectivity index is 3.84. The topological polar surface area (TPSA) is 66.2 Å². The van der Waals surface area contributed by atoms with Gasteiger partial charge in [0.25, 0.3) is 12.2 Å². The maximum absolute atomic E-state index is 13.0. The number of rotatable bonds is 11. The average molecular weight is 499 g/mol. The summed E-state index contributed by atoms with van der Waals surface area (Å²) >= 11 is 0. The summed E-state index contributed by atoms with van der Waals surface area (Å²) < 4.78 is 29.3. The lowest BCUT2D eigenvalue weighted by Crippen LogP contribution is -2.40. The van der Waals surface area contributed by atoms with E-state index in [1.807, 2.05) is 50.0 Å². The third-order valence-electron chi connectivity index (χ3n) is 3.68. The van der Waals surface area contributed by atoms with Gasteiger partial charge in [0.2, 0.25) is 8.32 Å². The molecule has 10 heteroatoms. The van der Waals surface area contributed by atoms with Crippen LogP contribution in [0.15, 0.2) is 41.9 Å². The van der Waals surface area contributed by atoms with Gasteiger partial charge < -0.3 is 23.0 Å². The SMILES string of the molecule is COC(=O)/C(=C(/OC)O[Si](C)(C)C)C(C=[N+](O[Si](C)(C)C)O[Si](C)(C)C)c1ccccc1. The highest BCUT2D eigenvalue weighted by molar-refractivity contribution is 6.70. The smallest absolute Gasteiger partial charge is 0.343 e. The van der Waals surface area contributed by atoms with Crippen LogP contribution in [0.4, 0.5) is 0 Å². The van der Waals surface area contributed by atoms with Crippen LogP contribution < -0.4 is 0 Å². The van der Waals surface area contributed by atoms with E-state index in [9.17, 15) is 4.79 Å². The molecule has 7 nitrogen and oxygen atoms in total. The van der Waals surface area contributed by atoms with Crippen LogP contribution in [-0.4, -0.2) is 56.3 Å². The van der Waals surface area contributed by atoms with E-state index < -0.39 is 36.8 Å². The molecule has 32 heavy (non-hydrogen) atoms. The zero-order chi connectivity index (χ0) is 24.7. The fourth-order valence-electron chi connectivity index (χ4n) is 2.66. The summed E-state index contributed by atoms with van der Waals surface area (Å²) in [5.41, 5.74) is 1.11. The molecule has 0 bridgehead atoms. The van der Waals surface area contributed by atoms with Gasteiger partial charge in [0.1, 0.15) is 11.5 Å². The van der Waals surface area contributed by atoms with Gasteiger partial charge in [-0.3, -0.25) is 0 Å². The molecule has 0 heterocycles. The van der Waals surface area contributed by atoms with Crippen LogP contribution in [0.5, 0.6) is 0 Å². The second kappa shape index (κ2) is 11.2. The molecule has 1 unspecified atom stereocenters. The van der Waals surface area contributed by atoms with Crippen molar-refractivity contribution in [2.75, 3.05) is 14.2 Å². The van der Waals surface area contributed by atoms with Crippen LogP contribution in [0, 0.1) is 0 Å². The fraction of sp³-hybridized carbons (Fsp3) is 0.545. The molecule has 0 aliphatic rings. The molecule has 1 aromatic rings. The summed E-state index contributed by atoms with van der Waals surface area (Å²) in [7, 11) is -3.30. The minimum atomic E-state index is -2.09. The van der Waals surface area contributed by atoms with Crippen molar-refractivity contribution in [3.63, 3.8) is 0 Å². The van der Waals surface area contributed by atoms with Crippen LogP contribution >= 0.6 is 0 Å². The summed E-state index contributed by atoms with van der Waals surface area (Å²) in [5, 5.41) is 0. The molecule has 0 saturated heterocycles. The van der Waals surface area contributed by atoms with Gasteiger partial charge in [0.15, 0.2) is 4.90 Å². The van der Waals surface area contributed by atoms with Crippen LogP contribution in [0.25, 0.3) is 0 Å². The molecule has 0 fully saturated rings. The molecule has 0 saturated carbocycles. The number of esters is 1. The first-order valence-electron chi connectivity index (χ1n) is 10.7. The molecular weight excluding hydrogens is 459 g/mol. The minimum Gasteiger partial charge on any atom is -0.519 e. The fourth-order valence-corrected chi connectivity index (χ4v) is 4.76. The van der Waals surface area contributed by atoms with Crippen molar-refractivity contribution in [1.29, 1.82) is 0 Å². The Morgan fingerprint density at radius 2 is 1.31 bits per heavy atom. The van der Waals surface area contributed by atoms with E-state index in [1.54, 1.807) is 6.21 Å². The molecule has 1 rings (SSSR count). The molecule has 0 aromatic heterocycles. The molecule has 0 amide bonds. The molecule has 0 N–H and O–H groups in total. The van der Waals surface area contributed by atoms with Crippen molar-refractivity contribution in [2.45, 2.75) is 64.8 Å². The molecule has 0 aliphatic carbocycles. The zero-order valence-electron chi connectivity index (χ0n) is 21.4. The van der Waals surface area contributed by atoms with Crippen molar-refractivity contribution in [2.24, 2.45) is 0 Å². The maximum atomic E-state index is 13.0. The summed E-state index contributed by atoms with van der Waals surface area (Å²) in [6.07, 6.45) is 1.77. The van der Waals surface area contributed by atoms with Gasteiger partial charge in [-0.15, -0.1) is 0 Å². The largest absolute Gasteiger partial charge is 0.519 e. The molecule has 0 aliphatic heterocycles. The van der Waals surface area contributed by atoms with E-state index in [2.05, 4.69) is 39.3 Å². The first kappa shape index (κ1) is 28.0. The van der Waals surface area contributed by atoms with Crippen molar-refractivity contribution in [1.82, 2.24) is 0 Å². The first-order chi connectivity index (χ1) is 14.6. The maximum Gasteiger partial charge on any atom is 0.343 e. The standard InChI is InChI=1S/C22H40NO6Si3/c1-25-21(24)20(22(26-2)27-30(3,4)5)19(18-15-13-12-14-16-18)17-23(28-31(6,7)8)29-32(9,10)11/h12-17,19H,1-11H3/q+1/b22-20-. The summed E-state index contributed by atoms with van der Waals surface area (Å²) in [4.78, 5) is 14.5. The van der Waals surface area contributed by atoms with E-state index >= 15 is 0 Å². The Kier molecular flexibility index (Phi) is 9.79. The van der Waals surface area contributed by atoms with Gasteiger partial charge in [0, 0.05) is 0 Å². The number of carbonyl (C=O) groups is 1. The van der Waals surface area contributed by atoms with Gasteiger partial charge in [-0.2, -0.15) is 0 Å². The Morgan fingerprint density at radius 1 is 0.812 bits per heavy atom. The summed E-state index contributed by atoms with van der Waals surface area (Å²) in [5.74, 6) is -0.962. The molecule has 0 radical (unpaired) electrons. The average Bonchev–Trinajstić information content (AvgIpc) is 2.63. The van der Waals surface area contributed by atoms with Gasteiger partial charge in [-0.25, -0.2) is 4.79 Å². The second-order valence-electron chi connectivity index (χ2n) is 10.3. The Hall–Kier alpha value is -2.05. The van der Waals surface area contributed by atoms with Crippen molar-refractivity contribution >= 4 is 37.1 Å². The zero-order valence-corrected chi connectivity index (χ0v) is 24.4. The van der Waals surface area contributed by atoms with E-state index in [4.69, 9.17) is 23.0 Å². The highest BCUT2D eigenvalue weighted by Gasteiger charge is 2.38. The second-order valence-corrected chi connectivity index (χ2v) is 23.6. The first-order valence-corrected chi connectivity index (χ1v) is 20.9. The van der Waals surface area contributed by atoms with Crippen molar-refractivity contribution < 1.29 is 32.6 Å². The number of ether oxygens (including phenoxy) is 2. The van der Waals surface area contributed by atoms with E-state index in [0.717, 1.165) is 5.56 Å². The van der Waals surface area contributed by atoms with E-state index in [-0.39, 0.29) is 11.5 Å². The number of hydrogen-bond donors (Lipinski definition) is 0. The normalized spacial score (nSPS) is 14.0. The summed E-state index contributed by atoms with van der Waals surface area (Å²) in [6, 6.07) is 9.63. The predicted molar refractivity (Wildman–Crippen MR) is 135 cm³/mol. The van der Waals surface area contributed by atoms with Crippen LogP contribution in [0.1, 0.15) is 11.5 Å². The quantitative estimate of drug-likeness (QED) is 0.103. The van der Waals surface area contributed by atoms with Gasteiger partial charge >= 0.3 is 22.6 Å². The lowest BCUT2D eigenvalue weighted by Gasteiger charge is -2.24. The summed E-state index contributed by atoms with van der Waals surface area (Å²) in [6.45, 7) is 18.5. The molecule has 180 valence electrons. The van der Waals surface area contributed by atoms with Crippen molar-refractivity contribution in [3.05, 3.63) is 47.4 Å². The lowest BCUT2D eigenvalue weighted by atomic mass is 9.92. The van der Waals surface area contributed by atoms with E-state index in [0.29, 0.717) is 0 Å². The molecule has 1 aromatic carbocycles. The highest BCUT2D eigenvalue weighted by Crippen LogP contribution is 2.29. The minimum absolute atomic E-state index is 0.155. The van der Waals surface area contributed by atoms with Gasteiger partial charge in [-0.1, -0.05) is 30.3 Å². The van der Waals surface area contributed by atoms with Crippen molar-refractivity contribution in [3.8, 4) is 0 Å². The number of nitrogens with zero attached hydrogens (tertiary/aromatic N) is 1. The van der Waals surface area contributed by atoms with Gasteiger partial charge in [0.05, 0.1) is 14.2 Å². The lowest BCUT2D eigenvalue weighted by molar-refractivity contribution is -0.919.